The van der Waals surface area contributed by atoms with Crippen molar-refractivity contribution in [1.29, 1.82) is 5.41 Å². The number of aromatic nitrogens is 1. The zero-order chi connectivity index (χ0) is 18.0. The van der Waals surface area contributed by atoms with Crippen LogP contribution in [0.15, 0.2) is 48.7 Å². The van der Waals surface area contributed by atoms with E-state index in [0.717, 1.165) is 24.2 Å². The van der Waals surface area contributed by atoms with Gasteiger partial charge in [-0.2, -0.15) is 0 Å². The van der Waals surface area contributed by atoms with E-state index in [1.165, 1.54) is 21.7 Å². The zero-order valence-corrected chi connectivity index (χ0v) is 15.7. The molecule has 1 heterocycles. The summed E-state index contributed by atoms with van der Waals surface area (Å²) in [6.07, 6.45) is 9.84. The van der Waals surface area contributed by atoms with Crippen LogP contribution in [0.3, 0.4) is 0 Å². The third kappa shape index (κ3) is 3.53. The van der Waals surface area contributed by atoms with Crippen LogP contribution in [-0.4, -0.2) is 10.3 Å². The molecular weight excluding hydrogens is 304 g/mol. The summed E-state index contributed by atoms with van der Waals surface area (Å²) in [5, 5.41) is 10.9. The Kier molecular flexibility index (Phi) is 5.08. The standard InChI is InChI=1S/C23H28N2/c1-5-16(2)23(24)20-11-9-19(10-12-20)15-25-14-13-21-18(4)17(3)7-6-8-22(21)25/h6-14,16-17,24H,5,15H2,1-4H3. The van der Waals surface area contributed by atoms with Gasteiger partial charge in [-0.3, -0.25) is 0 Å². The first-order valence-electron chi connectivity index (χ1n) is 9.23. The molecule has 0 radical (unpaired) electrons. The molecule has 2 aromatic rings. The summed E-state index contributed by atoms with van der Waals surface area (Å²) in [7, 11) is 0. The summed E-state index contributed by atoms with van der Waals surface area (Å²) in [6, 6.07) is 10.7. The SMILES string of the molecule is CCC(C)C(=N)c1ccc(Cn2ccc3c2=CC=CC(C)C=3C)cc1. The average molecular weight is 332 g/mol. The van der Waals surface area contributed by atoms with Crippen LogP contribution in [0, 0.1) is 17.2 Å². The van der Waals surface area contributed by atoms with E-state index < -0.39 is 0 Å². The first-order chi connectivity index (χ1) is 12.0. The molecule has 25 heavy (non-hydrogen) atoms. The molecular formula is C23H28N2. The van der Waals surface area contributed by atoms with E-state index in [2.05, 4.69) is 87.0 Å². The maximum absolute atomic E-state index is 8.27. The van der Waals surface area contributed by atoms with E-state index in [9.17, 15) is 0 Å². The lowest BCUT2D eigenvalue weighted by Gasteiger charge is -2.11. The summed E-state index contributed by atoms with van der Waals surface area (Å²) in [5.74, 6) is 0.798. The molecule has 0 bridgehead atoms. The van der Waals surface area contributed by atoms with Crippen molar-refractivity contribution in [3.05, 3.63) is 70.4 Å². The van der Waals surface area contributed by atoms with Crippen molar-refractivity contribution >= 4 is 17.4 Å². The van der Waals surface area contributed by atoms with Gasteiger partial charge in [-0.25, -0.2) is 0 Å². The molecule has 1 aromatic carbocycles. The first kappa shape index (κ1) is 17.5. The highest BCUT2D eigenvalue weighted by Gasteiger charge is 2.10. The van der Waals surface area contributed by atoms with Crippen LogP contribution in [0.25, 0.3) is 11.6 Å². The monoisotopic (exact) mass is 332 g/mol. The fraction of sp³-hybridized carbons (Fsp3) is 0.348. The summed E-state index contributed by atoms with van der Waals surface area (Å²) in [6.45, 7) is 9.59. The molecule has 0 aliphatic heterocycles. The molecule has 1 N–H and O–H groups in total. The predicted octanol–water partition coefficient (Wildman–Crippen LogP) is 4.11. The van der Waals surface area contributed by atoms with Gasteiger partial charge in [-0.05, 0) is 53.7 Å². The number of rotatable bonds is 5. The molecule has 0 saturated heterocycles. The number of benzene rings is 1. The van der Waals surface area contributed by atoms with Crippen LogP contribution in [0.1, 0.15) is 45.2 Å². The Morgan fingerprint density at radius 2 is 1.92 bits per heavy atom. The van der Waals surface area contributed by atoms with E-state index in [0.29, 0.717) is 11.8 Å². The molecule has 0 spiro atoms. The molecule has 2 atom stereocenters. The average Bonchev–Trinajstić information content (AvgIpc) is 2.96. The minimum absolute atomic E-state index is 0.313. The van der Waals surface area contributed by atoms with Crippen LogP contribution in [0.5, 0.6) is 0 Å². The summed E-state index contributed by atoms with van der Waals surface area (Å²) in [4.78, 5) is 0. The number of hydrogen-bond donors (Lipinski definition) is 1. The minimum Gasteiger partial charge on any atom is -0.343 e. The fourth-order valence-corrected chi connectivity index (χ4v) is 3.32. The van der Waals surface area contributed by atoms with E-state index in [4.69, 9.17) is 5.41 Å². The molecule has 0 fully saturated rings. The Labute approximate surface area is 150 Å². The minimum atomic E-state index is 0.313. The van der Waals surface area contributed by atoms with E-state index in [-0.39, 0.29) is 0 Å². The Morgan fingerprint density at radius 3 is 2.60 bits per heavy atom. The topological polar surface area (TPSA) is 28.8 Å². The molecule has 0 saturated carbocycles. The first-order valence-corrected chi connectivity index (χ1v) is 9.23. The van der Waals surface area contributed by atoms with Gasteiger partial charge in [0, 0.05) is 23.8 Å². The Balaban J connectivity index is 1.88. The molecule has 2 heteroatoms. The maximum atomic E-state index is 8.27. The maximum Gasteiger partial charge on any atom is 0.0482 e. The quantitative estimate of drug-likeness (QED) is 0.799. The van der Waals surface area contributed by atoms with Gasteiger partial charge in [0.15, 0.2) is 0 Å². The van der Waals surface area contributed by atoms with E-state index in [1.807, 2.05) is 0 Å². The smallest absolute Gasteiger partial charge is 0.0482 e. The van der Waals surface area contributed by atoms with Crippen LogP contribution < -0.4 is 10.6 Å². The van der Waals surface area contributed by atoms with E-state index in [1.54, 1.807) is 0 Å². The van der Waals surface area contributed by atoms with Crippen LogP contribution in [-0.2, 0) is 6.54 Å². The van der Waals surface area contributed by atoms with Gasteiger partial charge in [0.2, 0.25) is 0 Å². The Hall–Kier alpha value is -2.35. The number of nitrogens with one attached hydrogen (secondary N) is 1. The molecule has 2 unspecified atom stereocenters. The zero-order valence-electron chi connectivity index (χ0n) is 15.7. The van der Waals surface area contributed by atoms with Crippen LogP contribution >= 0.6 is 0 Å². The summed E-state index contributed by atoms with van der Waals surface area (Å²) in [5.41, 5.74) is 4.47. The number of fused-ring (bicyclic) bond motifs is 1. The summed E-state index contributed by atoms with van der Waals surface area (Å²) < 4.78 is 2.32. The second kappa shape index (κ2) is 7.26. The molecule has 3 rings (SSSR count). The predicted molar refractivity (Wildman–Crippen MR) is 107 cm³/mol. The van der Waals surface area contributed by atoms with Crippen molar-refractivity contribution in [2.24, 2.45) is 11.8 Å². The molecule has 0 amide bonds. The number of nitrogens with zero attached hydrogens (tertiary/aromatic N) is 1. The Bertz CT molecular complexity index is 910. The van der Waals surface area contributed by atoms with Crippen molar-refractivity contribution in [1.82, 2.24) is 4.57 Å². The van der Waals surface area contributed by atoms with Gasteiger partial charge < -0.3 is 9.98 Å². The summed E-state index contributed by atoms with van der Waals surface area (Å²) >= 11 is 0. The molecule has 2 nitrogen and oxygen atoms in total. The lowest BCUT2D eigenvalue weighted by molar-refractivity contribution is 0.736. The normalized spacial score (nSPS) is 17.6. The van der Waals surface area contributed by atoms with Crippen molar-refractivity contribution in [3.63, 3.8) is 0 Å². The number of hydrogen-bond acceptors (Lipinski definition) is 1. The van der Waals surface area contributed by atoms with E-state index >= 15 is 0 Å². The fourth-order valence-electron chi connectivity index (χ4n) is 3.32. The second-order valence-corrected chi connectivity index (χ2v) is 7.19. The lowest BCUT2D eigenvalue weighted by Crippen LogP contribution is -2.30. The molecule has 1 aliphatic carbocycles. The number of allylic oxidation sites excluding steroid dienone is 2. The lowest BCUT2D eigenvalue weighted by atomic mass is 9.96. The molecule has 1 aromatic heterocycles. The van der Waals surface area contributed by atoms with Gasteiger partial charge in [-0.15, -0.1) is 0 Å². The highest BCUT2D eigenvalue weighted by atomic mass is 14.9. The van der Waals surface area contributed by atoms with Crippen LogP contribution in [0.2, 0.25) is 0 Å². The second-order valence-electron chi connectivity index (χ2n) is 7.19. The Morgan fingerprint density at radius 1 is 1.20 bits per heavy atom. The van der Waals surface area contributed by atoms with Crippen molar-refractivity contribution in [2.75, 3.05) is 0 Å². The molecule has 1 aliphatic rings. The van der Waals surface area contributed by atoms with Gasteiger partial charge in [-0.1, -0.05) is 62.8 Å². The highest BCUT2D eigenvalue weighted by Crippen LogP contribution is 2.14. The third-order valence-corrected chi connectivity index (χ3v) is 5.49. The highest BCUT2D eigenvalue weighted by molar-refractivity contribution is 5.99. The van der Waals surface area contributed by atoms with Crippen molar-refractivity contribution in [2.45, 2.75) is 40.7 Å². The van der Waals surface area contributed by atoms with Gasteiger partial charge >= 0.3 is 0 Å². The van der Waals surface area contributed by atoms with Crippen molar-refractivity contribution < 1.29 is 0 Å². The molecule has 130 valence electrons. The van der Waals surface area contributed by atoms with Crippen molar-refractivity contribution in [3.8, 4) is 0 Å². The van der Waals surface area contributed by atoms with Gasteiger partial charge in [0.1, 0.15) is 0 Å². The third-order valence-electron chi connectivity index (χ3n) is 5.49. The van der Waals surface area contributed by atoms with Gasteiger partial charge in [0.25, 0.3) is 0 Å². The largest absolute Gasteiger partial charge is 0.343 e. The van der Waals surface area contributed by atoms with Crippen LogP contribution in [0.4, 0.5) is 0 Å². The van der Waals surface area contributed by atoms with Gasteiger partial charge in [0.05, 0.1) is 0 Å².